The van der Waals surface area contributed by atoms with Crippen LogP contribution in [0.1, 0.15) is 13.8 Å². The fourth-order valence-electron chi connectivity index (χ4n) is 2.29. The molecule has 0 spiro atoms. The summed E-state index contributed by atoms with van der Waals surface area (Å²) in [5, 5.41) is 2.66. The lowest BCUT2D eigenvalue weighted by atomic mass is 10.2. The Bertz CT molecular complexity index is 663. The minimum absolute atomic E-state index is 0.0458. The summed E-state index contributed by atoms with van der Waals surface area (Å²) >= 11 is 1.59. The molecule has 8 heteroatoms. The van der Waals surface area contributed by atoms with Gasteiger partial charge in [0.25, 0.3) is 0 Å². The van der Waals surface area contributed by atoms with E-state index in [9.17, 15) is 19.2 Å². The second-order valence-corrected chi connectivity index (χ2v) is 7.16. The quantitative estimate of drug-likeness (QED) is 0.326. The van der Waals surface area contributed by atoms with Gasteiger partial charge in [-0.15, -0.1) is 11.8 Å². The van der Waals surface area contributed by atoms with Gasteiger partial charge in [0, 0.05) is 23.7 Å². The molecule has 7 nitrogen and oxygen atoms in total. The van der Waals surface area contributed by atoms with Gasteiger partial charge in [0.2, 0.25) is 5.91 Å². The van der Waals surface area contributed by atoms with E-state index in [2.05, 4.69) is 5.32 Å². The zero-order valence-electron chi connectivity index (χ0n) is 14.2. The van der Waals surface area contributed by atoms with Crippen molar-refractivity contribution in [3.63, 3.8) is 0 Å². The van der Waals surface area contributed by atoms with E-state index in [0.29, 0.717) is 17.2 Å². The molecule has 1 fully saturated rings. The van der Waals surface area contributed by atoms with Crippen molar-refractivity contribution in [1.82, 2.24) is 15.1 Å². The van der Waals surface area contributed by atoms with Crippen molar-refractivity contribution >= 4 is 35.5 Å². The van der Waals surface area contributed by atoms with Crippen LogP contribution in [0.15, 0.2) is 35.2 Å². The van der Waals surface area contributed by atoms with Crippen LogP contribution in [0.25, 0.3) is 0 Å². The number of carbonyl (C=O) groups excluding carboxylic acids is 4. The zero-order valence-corrected chi connectivity index (χ0v) is 15.0. The maximum Gasteiger partial charge on any atom is 0.334 e. The first-order valence-corrected chi connectivity index (χ1v) is 9.00. The van der Waals surface area contributed by atoms with E-state index in [1.807, 2.05) is 44.2 Å². The molecule has 1 aliphatic rings. The number of nitrogens with zero attached hydrogens (tertiary/aromatic N) is 2. The zero-order chi connectivity index (χ0) is 18.4. The number of rotatable bonds is 8. The van der Waals surface area contributed by atoms with Gasteiger partial charge in [0.15, 0.2) is 0 Å². The number of hydrogen-bond acceptors (Lipinski definition) is 5. The molecule has 1 aliphatic heterocycles. The Balaban J connectivity index is 1.78. The summed E-state index contributed by atoms with van der Waals surface area (Å²) < 4.78 is 0. The van der Waals surface area contributed by atoms with E-state index in [1.54, 1.807) is 11.8 Å². The number of carbonyl (C=O) groups is 4. The Morgan fingerprint density at radius 3 is 2.36 bits per heavy atom. The van der Waals surface area contributed by atoms with Gasteiger partial charge in [-0.25, -0.2) is 9.69 Å². The summed E-state index contributed by atoms with van der Waals surface area (Å²) in [5.74, 6) is -1.57. The predicted molar refractivity (Wildman–Crippen MR) is 93.8 cm³/mol. The third-order valence-corrected chi connectivity index (χ3v) is 4.43. The van der Waals surface area contributed by atoms with Gasteiger partial charge in [0.05, 0.1) is 0 Å². The van der Waals surface area contributed by atoms with Gasteiger partial charge in [-0.1, -0.05) is 32.0 Å². The van der Waals surface area contributed by atoms with Crippen LogP contribution in [0.5, 0.6) is 0 Å². The molecule has 0 aliphatic carbocycles. The van der Waals surface area contributed by atoms with Gasteiger partial charge in [-0.2, -0.15) is 0 Å². The van der Waals surface area contributed by atoms with Gasteiger partial charge in [0.1, 0.15) is 6.54 Å². The van der Waals surface area contributed by atoms with Crippen molar-refractivity contribution in [2.24, 2.45) is 5.92 Å². The van der Waals surface area contributed by atoms with Crippen molar-refractivity contribution in [1.29, 1.82) is 0 Å². The SMILES string of the molecule is CC(C)CN1C(=O)C(=O)N(CC(=O)NCCSc2ccccc2)C1=O. The fourth-order valence-corrected chi connectivity index (χ4v) is 3.08. The highest BCUT2D eigenvalue weighted by atomic mass is 32.2. The molecule has 0 aromatic heterocycles. The normalized spacial score (nSPS) is 14.6. The van der Waals surface area contributed by atoms with Crippen LogP contribution < -0.4 is 5.32 Å². The third-order valence-electron chi connectivity index (χ3n) is 3.42. The van der Waals surface area contributed by atoms with E-state index >= 15 is 0 Å². The topological polar surface area (TPSA) is 86.8 Å². The molecule has 134 valence electrons. The van der Waals surface area contributed by atoms with Crippen molar-refractivity contribution in [3.8, 4) is 0 Å². The van der Waals surface area contributed by atoms with Gasteiger partial charge in [-0.3, -0.25) is 19.3 Å². The first kappa shape index (κ1) is 19.0. The van der Waals surface area contributed by atoms with Crippen molar-refractivity contribution in [2.45, 2.75) is 18.7 Å². The summed E-state index contributed by atoms with van der Waals surface area (Å²) in [4.78, 5) is 50.5. The van der Waals surface area contributed by atoms with Crippen LogP contribution in [0.4, 0.5) is 4.79 Å². The molecule has 1 aromatic carbocycles. The predicted octanol–water partition coefficient (Wildman–Crippen LogP) is 1.34. The summed E-state index contributed by atoms with van der Waals surface area (Å²) in [6, 6.07) is 9.03. The monoisotopic (exact) mass is 363 g/mol. The van der Waals surface area contributed by atoms with Crippen molar-refractivity contribution in [2.75, 3.05) is 25.4 Å². The molecule has 1 aromatic rings. The molecular formula is C17H21N3O4S. The Labute approximate surface area is 150 Å². The van der Waals surface area contributed by atoms with E-state index in [-0.39, 0.29) is 12.5 Å². The summed E-state index contributed by atoms with van der Waals surface area (Å²) in [5.41, 5.74) is 0. The Morgan fingerprint density at radius 2 is 1.72 bits per heavy atom. The lowest BCUT2D eigenvalue weighted by Crippen LogP contribution is -2.42. The Kier molecular flexibility index (Phi) is 6.58. The van der Waals surface area contributed by atoms with Crippen molar-refractivity contribution < 1.29 is 19.2 Å². The second-order valence-electron chi connectivity index (χ2n) is 5.99. The second kappa shape index (κ2) is 8.66. The highest BCUT2D eigenvalue weighted by Gasteiger charge is 2.45. The standard InChI is InChI=1S/C17H21N3O4S/c1-12(2)10-19-15(22)16(23)20(17(19)24)11-14(21)18-8-9-25-13-6-4-3-5-7-13/h3-7,12H,8-11H2,1-2H3,(H,18,21). The minimum atomic E-state index is -0.945. The first-order valence-electron chi connectivity index (χ1n) is 8.02. The molecule has 25 heavy (non-hydrogen) atoms. The lowest BCUT2D eigenvalue weighted by Gasteiger charge is -2.16. The number of hydrogen-bond donors (Lipinski definition) is 1. The molecule has 1 N–H and O–H groups in total. The molecule has 5 amide bonds. The first-order chi connectivity index (χ1) is 11.9. The van der Waals surface area contributed by atoms with Gasteiger partial charge >= 0.3 is 17.8 Å². The number of nitrogens with one attached hydrogen (secondary N) is 1. The van der Waals surface area contributed by atoms with Crippen LogP contribution >= 0.6 is 11.8 Å². The molecule has 0 saturated carbocycles. The van der Waals surface area contributed by atoms with Crippen molar-refractivity contribution in [3.05, 3.63) is 30.3 Å². The number of benzene rings is 1. The molecule has 1 saturated heterocycles. The van der Waals surface area contributed by atoms with E-state index in [4.69, 9.17) is 0 Å². The maximum absolute atomic E-state index is 12.1. The van der Waals surface area contributed by atoms with Crippen LogP contribution in [0.3, 0.4) is 0 Å². The van der Waals surface area contributed by atoms with Gasteiger partial charge < -0.3 is 5.32 Å². The molecule has 1 heterocycles. The average Bonchev–Trinajstić information content (AvgIpc) is 2.77. The van der Waals surface area contributed by atoms with Crippen LogP contribution in [-0.4, -0.2) is 58.9 Å². The molecule has 0 unspecified atom stereocenters. The fraction of sp³-hybridized carbons (Fsp3) is 0.412. The van der Waals surface area contributed by atoms with Crippen LogP contribution in [0, 0.1) is 5.92 Å². The molecule has 0 atom stereocenters. The Morgan fingerprint density at radius 1 is 1.08 bits per heavy atom. The summed E-state index contributed by atoms with van der Waals surface area (Å²) in [7, 11) is 0. The summed E-state index contributed by atoms with van der Waals surface area (Å²) in [6.07, 6.45) is 0. The average molecular weight is 363 g/mol. The lowest BCUT2D eigenvalue weighted by molar-refractivity contribution is -0.144. The number of urea groups is 1. The smallest absolute Gasteiger partial charge is 0.334 e. The third kappa shape index (κ3) is 5.06. The highest BCUT2D eigenvalue weighted by molar-refractivity contribution is 7.99. The van der Waals surface area contributed by atoms with Gasteiger partial charge in [-0.05, 0) is 18.1 Å². The molecular weight excluding hydrogens is 342 g/mol. The molecule has 0 radical (unpaired) electrons. The molecule has 0 bridgehead atoms. The van der Waals surface area contributed by atoms with E-state index < -0.39 is 30.3 Å². The number of imide groups is 2. The highest BCUT2D eigenvalue weighted by Crippen LogP contribution is 2.16. The minimum Gasteiger partial charge on any atom is -0.354 e. The number of thioether (sulfide) groups is 1. The van der Waals surface area contributed by atoms with E-state index in [1.165, 1.54) is 0 Å². The van der Waals surface area contributed by atoms with E-state index in [0.717, 1.165) is 9.80 Å². The largest absolute Gasteiger partial charge is 0.354 e. The number of amides is 5. The molecule has 2 rings (SSSR count). The summed E-state index contributed by atoms with van der Waals surface area (Å²) in [6.45, 7) is 3.80. The van der Waals surface area contributed by atoms with Crippen LogP contribution in [0.2, 0.25) is 0 Å². The van der Waals surface area contributed by atoms with Crippen LogP contribution in [-0.2, 0) is 14.4 Å². The maximum atomic E-state index is 12.1. The Hall–Kier alpha value is -2.35.